The standard InChI is InChI=1S/C14H14Cl2N2/c1-10-12(13(15)7-14(16)18-10)9-17-8-11-5-3-2-4-6-11/h2-7,17H,8-9H2,1H3. The van der Waals surface area contributed by atoms with E-state index < -0.39 is 0 Å². The summed E-state index contributed by atoms with van der Waals surface area (Å²) < 4.78 is 0. The van der Waals surface area contributed by atoms with E-state index in [1.165, 1.54) is 5.56 Å². The molecule has 1 aromatic heterocycles. The normalized spacial score (nSPS) is 10.6. The number of aromatic nitrogens is 1. The van der Waals surface area contributed by atoms with Gasteiger partial charge in [0.15, 0.2) is 0 Å². The summed E-state index contributed by atoms with van der Waals surface area (Å²) in [5.74, 6) is 0. The van der Waals surface area contributed by atoms with Crippen LogP contribution in [-0.2, 0) is 13.1 Å². The van der Waals surface area contributed by atoms with Crippen LogP contribution in [0.1, 0.15) is 16.8 Å². The van der Waals surface area contributed by atoms with Gasteiger partial charge in [-0.25, -0.2) is 4.98 Å². The van der Waals surface area contributed by atoms with Crippen LogP contribution in [0.2, 0.25) is 10.2 Å². The van der Waals surface area contributed by atoms with Crippen molar-refractivity contribution in [1.29, 1.82) is 0 Å². The summed E-state index contributed by atoms with van der Waals surface area (Å²) in [6.45, 7) is 3.40. The molecular weight excluding hydrogens is 267 g/mol. The molecule has 4 heteroatoms. The lowest BCUT2D eigenvalue weighted by Gasteiger charge is -2.09. The number of hydrogen-bond acceptors (Lipinski definition) is 2. The second kappa shape index (κ2) is 6.19. The number of hydrogen-bond donors (Lipinski definition) is 1. The SMILES string of the molecule is Cc1nc(Cl)cc(Cl)c1CNCc1ccccc1. The number of aryl methyl sites for hydroxylation is 1. The van der Waals surface area contributed by atoms with Crippen molar-refractivity contribution in [2.24, 2.45) is 0 Å². The van der Waals surface area contributed by atoms with E-state index in [9.17, 15) is 0 Å². The Morgan fingerprint density at radius 2 is 1.83 bits per heavy atom. The van der Waals surface area contributed by atoms with Gasteiger partial charge >= 0.3 is 0 Å². The van der Waals surface area contributed by atoms with E-state index in [1.807, 2.05) is 25.1 Å². The highest BCUT2D eigenvalue weighted by Crippen LogP contribution is 2.22. The second-order valence-corrected chi connectivity index (χ2v) is 4.87. The molecule has 94 valence electrons. The van der Waals surface area contributed by atoms with Gasteiger partial charge in [-0.1, -0.05) is 53.5 Å². The molecule has 18 heavy (non-hydrogen) atoms. The number of nitrogens with zero attached hydrogens (tertiary/aromatic N) is 1. The van der Waals surface area contributed by atoms with Crippen LogP contribution in [-0.4, -0.2) is 4.98 Å². The van der Waals surface area contributed by atoms with Crippen molar-refractivity contribution in [2.45, 2.75) is 20.0 Å². The van der Waals surface area contributed by atoms with Crippen LogP contribution in [0.15, 0.2) is 36.4 Å². The Hall–Kier alpha value is -1.09. The Labute approximate surface area is 117 Å². The third-order valence-electron chi connectivity index (χ3n) is 2.72. The predicted molar refractivity (Wildman–Crippen MR) is 76.0 cm³/mol. The lowest BCUT2D eigenvalue weighted by molar-refractivity contribution is 0.688. The average Bonchev–Trinajstić information content (AvgIpc) is 2.34. The zero-order chi connectivity index (χ0) is 13.0. The van der Waals surface area contributed by atoms with E-state index >= 15 is 0 Å². The molecule has 2 nitrogen and oxygen atoms in total. The third-order valence-corrected chi connectivity index (χ3v) is 3.25. The predicted octanol–water partition coefficient (Wildman–Crippen LogP) is 3.99. The number of halogens is 2. The van der Waals surface area contributed by atoms with Crippen LogP contribution in [0.4, 0.5) is 0 Å². The van der Waals surface area contributed by atoms with E-state index in [4.69, 9.17) is 23.2 Å². The topological polar surface area (TPSA) is 24.9 Å². The zero-order valence-corrected chi connectivity index (χ0v) is 11.6. The summed E-state index contributed by atoms with van der Waals surface area (Å²) in [5.41, 5.74) is 3.11. The molecule has 2 rings (SSSR count). The number of rotatable bonds is 4. The van der Waals surface area contributed by atoms with E-state index in [0.717, 1.165) is 17.8 Å². The summed E-state index contributed by atoms with van der Waals surface area (Å²) in [4.78, 5) is 4.20. The van der Waals surface area contributed by atoms with E-state index in [1.54, 1.807) is 6.07 Å². The summed E-state index contributed by atoms with van der Waals surface area (Å²) in [6.07, 6.45) is 0. The van der Waals surface area contributed by atoms with Crippen LogP contribution in [0.5, 0.6) is 0 Å². The molecule has 0 radical (unpaired) electrons. The summed E-state index contributed by atoms with van der Waals surface area (Å²) in [6, 6.07) is 11.9. The molecule has 0 aliphatic rings. The van der Waals surface area contributed by atoms with Gasteiger partial charge in [0.25, 0.3) is 0 Å². The quantitative estimate of drug-likeness (QED) is 0.857. The molecule has 0 spiro atoms. The van der Waals surface area contributed by atoms with Gasteiger partial charge < -0.3 is 5.32 Å². The Balaban J connectivity index is 1.99. The fourth-order valence-electron chi connectivity index (χ4n) is 1.76. The van der Waals surface area contributed by atoms with Crippen LogP contribution < -0.4 is 5.32 Å². The van der Waals surface area contributed by atoms with E-state index in [-0.39, 0.29) is 0 Å². The minimum Gasteiger partial charge on any atom is -0.308 e. The van der Waals surface area contributed by atoms with Crippen molar-refractivity contribution < 1.29 is 0 Å². The maximum Gasteiger partial charge on any atom is 0.130 e. The van der Waals surface area contributed by atoms with Crippen LogP contribution in [0.25, 0.3) is 0 Å². The molecule has 0 saturated heterocycles. The molecule has 0 saturated carbocycles. The molecule has 2 aromatic rings. The van der Waals surface area contributed by atoms with Crippen LogP contribution in [0.3, 0.4) is 0 Å². The second-order valence-electron chi connectivity index (χ2n) is 4.08. The van der Waals surface area contributed by atoms with E-state index in [2.05, 4.69) is 22.4 Å². The first-order valence-corrected chi connectivity index (χ1v) is 6.48. The third kappa shape index (κ3) is 3.45. The highest BCUT2D eigenvalue weighted by molar-refractivity contribution is 6.34. The van der Waals surface area contributed by atoms with Gasteiger partial charge in [-0.05, 0) is 18.6 Å². The molecule has 1 N–H and O–H groups in total. The molecule has 1 aromatic carbocycles. The molecule has 0 aliphatic carbocycles. The van der Waals surface area contributed by atoms with Crippen molar-refractivity contribution in [3.05, 3.63) is 63.4 Å². The van der Waals surface area contributed by atoms with Gasteiger partial charge in [0, 0.05) is 29.4 Å². The average molecular weight is 281 g/mol. The Bertz CT molecular complexity index is 504. The van der Waals surface area contributed by atoms with Crippen LogP contribution in [0, 0.1) is 6.92 Å². The summed E-state index contributed by atoms with van der Waals surface area (Å²) >= 11 is 12.0. The maximum atomic E-state index is 6.15. The van der Waals surface area contributed by atoms with Crippen molar-refractivity contribution in [3.8, 4) is 0 Å². The van der Waals surface area contributed by atoms with Crippen molar-refractivity contribution in [2.75, 3.05) is 0 Å². The maximum absolute atomic E-state index is 6.15. The van der Waals surface area contributed by atoms with Gasteiger partial charge in [-0.2, -0.15) is 0 Å². The zero-order valence-electron chi connectivity index (χ0n) is 10.1. The number of nitrogens with one attached hydrogen (secondary N) is 1. The first-order valence-electron chi connectivity index (χ1n) is 5.73. The van der Waals surface area contributed by atoms with Gasteiger partial charge in [0.2, 0.25) is 0 Å². The van der Waals surface area contributed by atoms with Crippen molar-refractivity contribution in [1.82, 2.24) is 10.3 Å². The largest absolute Gasteiger partial charge is 0.308 e. The molecule has 0 atom stereocenters. The lowest BCUT2D eigenvalue weighted by atomic mass is 10.2. The highest BCUT2D eigenvalue weighted by Gasteiger charge is 2.06. The number of benzene rings is 1. The first-order chi connectivity index (χ1) is 8.66. The smallest absolute Gasteiger partial charge is 0.130 e. The molecule has 0 aliphatic heterocycles. The van der Waals surface area contributed by atoms with Crippen LogP contribution >= 0.6 is 23.2 Å². The van der Waals surface area contributed by atoms with E-state index in [0.29, 0.717) is 16.7 Å². The van der Waals surface area contributed by atoms with Gasteiger partial charge in [0.05, 0.1) is 0 Å². The molecule has 0 bridgehead atoms. The fourth-order valence-corrected chi connectivity index (χ4v) is 2.36. The Morgan fingerprint density at radius 3 is 2.50 bits per heavy atom. The molecular formula is C14H14Cl2N2. The van der Waals surface area contributed by atoms with Gasteiger partial charge in [0.1, 0.15) is 5.15 Å². The Morgan fingerprint density at radius 1 is 1.11 bits per heavy atom. The Kier molecular flexibility index (Phi) is 4.59. The monoisotopic (exact) mass is 280 g/mol. The highest BCUT2D eigenvalue weighted by atomic mass is 35.5. The lowest BCUT2D eigenvalue weighted by Crippen LogP contribution is -2.14. The fraction of sp³-hybridized carbons (Fsp3) is 0.214. The number of pyridine rings is 1. The molecule has 0 unspecified atom stereocenters. The summed E-state index contributed by atoms with van der Waals surface area (Å²) in [5, 5.41) is 4.45. The first kappa shape index (κ1) is 13.3. The minimum atomic E-state index is 0.435. The van der Waals surface area contributed by atoms with Crippen molar-refractivity contribution >= 4 is 23.2 Å². The van der Waals surface area contributed by atoms with Gasteiger partial charge in [-0.15, -0.1) is 0 Å². The summed E-state index contributed by atoms with van der Waals surface area (Å²) in [7, 11) is 0. The molecule has 0 fully saturated rings. The van der Waals surface area contributed by atoms with Crippen molar-refractivity contribution in [3.63, 3.8) is 0 Å². The molecule has 0 amide bonds. The van der Waals surface area contributed by atoms with Gasteiger partial charge in [-0.3, -0.25) is 0 Å². The minimum absolute atomic E-state index is 0.435. The molecule has 1 heterocycles.